The number of alkyl halides is 3. The lowest BCUT2D eigenvalue weighted by Crippen LogP contribution is -2.34. The number of benzene rings is 1. The third kappa shape index (κ3) is 2.98. The predicted octanol–water partition coefficient (Wildman–Crippen LogP) is 2.27. The van der Waals surface area contributed by atoms with E-state index in [-0.39, 0.29) is 16.8 Å². The highest BCUT2D eigenvalue weighted by Crippen LogP contribution is 2.36. The van der Waals surface area contributed by atoms with Crippen molar-refractivity contribution in [3.63, 3.8) is 0 Å². The van der Waals surface area contributed by atoms with Crippen molar-refractivity contribution in [2.45, 2.75) is 31.5 Å². The molecule has 0 radical (unpaired) electrons. The van der Waals surface area contributed by atoms with Crippen LogP contribution in [0.1, 0.15) is 35.7 Å². The van der Waals surface area contributed by atoms with Crippen LogP contribution in [-0.2, 0) is 6.18 Å². The Labute approximate surface area is 108 Å². The van der Waals surface area contributed by atoms with Crippen LogP contribution >= 0.6 is 0 Å². The van der Waals surface area contributed by atoms with Crippen molar-refractivity contribution in [2.24, 2.45) is 5.84 Å². The van der Waals surface area contributed by atoms with Crippen molar-refractivity contribution >= 4 is 11.6 Å². The third-order valence-electron chi connectivity index (χ3n) is 3.16. The van der Waals surface area contributed by atoms with Crippen molar-refractivity contribution < 1.29 is 18.0 Å². The molecule has 7 heteroatoms. The molecule has 0 unspecified atom stereocenters. The van der Waals surface area contributed by atoms with Gasteiger partial charge in [0.2, 0.25) is 0 Å². The van der Waals surface area contributed by atoms with Crippen LogP contribution in [0.2, 0.25) is 0 Å². The van der Waals surface area contributed by atoms with Crippen LogP contribution in [0, 0.1) is 0 Å². The largest absolute Gasteiger partial charge is 0.418 e. The first-order valence-electron chi connectivity index (χ1n) is 5.75. The highest BCUT2D eigenvalue weighted by Gasteiger charge is 2.39. The summed E-state index contributed by atoms with van der Waals surface area (Å²) >= 11 is 0. The van der Waals surface area contributed by atoms with Crippen LogP contribution in [0.5, 0.6) is 0 Å². The van der Waals surface area contributed by atoms with E-state index in [0.29, 0.717) is 0 Å². The summed E-state index contributed by atoms with van der Waals surface area (Å²) in [5.41, 5.74) is 0.454. The number of nitrogens with one attached hydrogen (secondary N) is 2. The van der Waals surface area contributed by atoms with Crippen LogP contribution in [0.3, 0.4) is 0 Å². The first-order chi connectivity index (χ1) is 8.75. The number of carbonyl (C=O) groups is 1. The molecular weight excluding hydrogens is 259 g/mol. The van der Waals surface area contributed by atoms with Gasteiger partial charge in [-0.2, -0.15) is 13.2 Å². The molecule has 0 heterocycles. The van der Waals surface area contributed by atoms with Gasteiger partial charge in [-0.15, -0.1) is 0 Å². The van der Waals surface area contributed by atoms with Crippen LogP contribution < -0.4 is 16.6 Å². The fourth-order valence-electron chi connectivity index (χ4n) is 1.70. The average Bonchev–Trinajstić information content (AvgIpc) is 3.04. The molecule has 0 bridgehead atoms. The van der Waals surface area contributed by atoms with E-state index in [2.05, 4.69) is 5.32 Å². The Hall–Kier alpha value is -1.76. The Morgan fingerprint density at radius 3 is 2.47 bits per heavy atom. The molecule has 104 valence electrons. The minimum atomic E-state index is -4.57. The average molecular weight is 273 g/mol. The van der Waals surface area contributed by atoms with E-state index in [1.165, 1.54) is 6.07 Å². The van der Waals surface area contributed by atoms with E-state index >= 15 is 0 Å². The maximum absolute atomic E-state index is 12.8. The number of hydrazine groups is 1. The van der Waals surface area contributed by atoms with Crippen LogP contribution in [0.4, 0.5) is 18.9 Å². The van der Waals surface area contributed by atoms with E-state index in [0.717, 1.165) is 25.0 Å². The molecule has 1 amide bonds. The zero-order valence-corrected chi connectivity index (χ0v) is 10.3. The minimum Gasteiger partial charge on any atom is -0.347 e. The molecule has 1 aliphatic rings. The van der Waals surface area contributed by atoms with Crippen molar-refractivity contribution in [2.75, 3.05) is 5.43 Å². The second-order valence-corrected chi connectivity index (χ2v) is 4.92. The second-order valence-electron chi connectivity index (χ2n) is 4.92. The van der Waals surface area contributed by atoms with Crippen molar-refractivity contribution in [3.8, 4) is 0 Å². The van der Waals surface area contributed by atoms with Crippen LogP contribution in [0.25, 0.3) is 0 Å². The highest BCUT2D eigenvalue weighted by molar-refractivity contribution is 5.95. The number of hydrogen-bond acceptors (Lipinski definition) is 3. The molecule has 1 aromatic carbocycles. The van der Waals surface area contributed by atoms with Gasteiger partial charge in [0.25, 0.3) is 5.91 Å². The fraction of sp³-hybridized carbons (Fsp3) is 0.417. The zero-order chi connectivity index (χ0) is 14.3. The third-order valence-corrected chi connectivity index (χ3v) is 3.16. The number of anilines is 1. The lowest BCUT2D eigenvalue weighted by molar-refractivity contribution is -0.137. The summed E-state index contributed by atoms with van der Waals surface area (Å²) in [6, 6.07) is 3.26. The summed E-state index contributed by atoms with van der Waals surface area (Å²) in [4.78, 5) is 11.8. The Balaban J connectivity index is 2.29. The Bertz CT molecular complexity index is 509. The van der Waals surface area contributed by atoms with Gasteiger partial charge in [-0.1, -0.05) is 0 Å². The van der Waals surface area contributed by atoms with Crippen molar-refractivity contribution in [1.29, 1.82) is 0 Å². The number of carbonyl (C=O) groups excluding carboxylic acids is 1. The molecular formula is C12H14F3N3O. The van der Waals surface area contributed by atoms with Gasteiger partial charge in [0.15, 0.2) is 0 Å². The lowest BCUT2D eigenvalue weighted by Gasteiger charge is -2.15. The summed E-state index contributed by atoms with van der Waals surface area (Å²) in [7, 11) is 0. The van der Waals surface area contributed by atoms with Gasteiger partial charge in [-0.05, 0) is 38.0 Å². The quantitative estimate of drug-likeness (QED) is 0.584. The van der Waals surface area contributed by atoms with E-state index in [1.54, 1.807) is 0 Å². The Morgan fingerprint density at radius 1 is 1.37 bits per heavy atom. The summed E-state index contributed by atoms with van der Waals surface area (Å²) in [5.74, 6) is 4.53. The van der Waals surface area contributed by atoms with E-state index in [4.69, 9.17) is 5.84 Å². The topological polar surface area (TPSA) is 67.2 Å². The predicted molar refractivity (Wildman–Crippen MR) is 64.4 cm³/mol. The van der Waals surface area contributed by atoms with Gasteiger partial charge in [0, 0.05) is 11.1 Å². The fourth-order valence-corrected chi connectivity index (χ4v) is 1.70. The van der Waals surface area contributed by atoms with E-state index < -0.39 is 17.6 Å². The van der Waals surface area contributed by atoms with Crippen LogP contribution in [-0.4, -0.2) is 11.4 Å². The molecule has 1 fully saturated rings. The molecule has 0 saturated heterocycles. The summed E-state index contributed by atoms with van der Waals surface area (Å²) in [6.45, 7) is 1.85. The second kappa shape index (κ2) is 4.41. The molecule has 4 nitrogen and oxygen atoms in total. The molecule has 0 atom stereocenters. The molecule has 0 aliphatic heterocycles. The van der Waals surface area contributed by atoms with Gasteiger partial charge in [0.05, 0.1) is 11.3 Å². The van der Waals surface area contributed by atoms with Gasteiger partial charge in [0.1, 0.15) is 0 Å². The summed E-state index contributed by atoms with van der Waals surface area (Å²) in [6.07, 6.45) is -2.89. The Morgan fingerprint density at radius 2 is 2.00 bits per heavy atom. The van der Waals surface area contributed by atoms with Crippen molar-refractivity contribution in [1.82, 2.24) is 5.32 Å². The molecule has 1 aromatic rings. The number of hydrogen-bond donors (Lipinski definition) is 3. The van der Waals surface area contributed by atoms with Crippen LogP contribution in [0.15, 0.2) is 18.2 Å². The number of nitrogens with two attached hydrogens (primary N) is 1. The van der Waals surface area contributed by atoms with E-state index in [9.17, 15) is 18.0 Å². The summed E-state index contributed by atoms with van der Waals surface area (Å²) < 4.78 is 38.4. The van der Waals surface area contributed by atoms with E-state index in [1.807, 2.05) is 12.3 Å². The van der Waals surface area contributed by atoms with Gasteiger partial charge >= 0.3 is 6.18 Å². The molecule has 4 N–H and O–H groups in total. The molecule has 19 heavy (non-hydrogen) atoms. The zero-order valence-electron chi connectivity index (χ0n) is 10.3. The molecule has 0 spiro atoms. The monoisotopic (exact) mass is 273 g/mol. The number of halogens is 3. The maximum Gasteiger partial charge on any atom is 0.418 e. The first-order valence-corrected chi connectivity index (χ1v) is 5.75. The normalized spacial score (nSPS) is 16.9. The van der Waals surface area contributed by atoms with Gasteiger partial charge < -0.3 is 10.7 Å². The smallest absolute Gasteiger partial charge is 0.347 e. The molecule has 2 rings (SSSR count). The molecule has 1 saturated carbocycles. The molecule has 0 aromatic heterocycles. The molecule has 1 aliphatic carbocycles. The minimum absolute atomic E-state index is 0.0283. The lowest BCUT2D eigenvalue weighted by atomic mass is 10.1. The summed E-state index contributed by atoms with van der Waals surface area (Å²) in [5, 5.41) is 2.70. The highest BCUT2D eigenvalue weighted by atomic mass is 19.4. The SMILES string of the molecule is CC1(NC(=O)c2ccc(NN)c(C(F)(F)F)c2)CC1. The first kappa shape index (κ1) is 13.7. The van der Waals surface area contributed by atoms with Crippen molar-refractivity contribution in [3.05, 3.63) is 29.3 Å². The number of nitrogen functional groups attached to an aromatic ring is 1. The number of amides is 1. The number of rotatable bonds is 3. The van der Waals surface area contributed by atoms with Gasteiger partial charge in [-0.25, -0.2) is 0 Å². The standard InChI is InChI=1S/C12H14F3N3O/c1-11(4-5-11)17-10(19)7-2-3-9(18-16)8(6-7)12(13,14)15/h2-3,6,18H,4-5,16H2,1H3,(H,17,19). The van der Waals surface area contributed by atoms with Gasteiger partial charge in [-0.3, -0.25) is 10.6 Å². The maximum atomic E-state index is 12.8. The Kier molecular flexibility index (Phi) is 3.17.